The average Bonchev–Trinajstić information content (AvgIpc) is 2.85. The summed E-state index contributed by atoms with van der Waals surface area (Å²) in [6, 6.07) is -0.894. The summed E-state index contributed by atoms with van der Waals surface area (Å²) in [6.45, 7) is 4.41. The van der Waals surface area contributed by atoms with Crippen LogP contribution >= 0.6 is 0 Å². The first-order chi connectivity index (χ1) is 12.3. The van der Waals surface area contributed by atoms with Crippen LogP contribution in [0.1, 0.15) is 27.2 Å². The molecule has 1 aliphatic heterocycles. The Kier molecular flexibility index (Phi) is 5.57. The molecule has 2 atom stereocenters. The molecule has 0 spiro atoms. The molecule has 1 aliphatic rings. The lowest BCUT2D eigenvalue weighted by Gasteiger charge is -2.39. The summed E-state index contributed by atoms with van der Waals surface area (Å²) in [7, 11) is 1.41. The van der Waals surface area contributed by atoms with Gasteiger partial charge in [-0.2, -0.15) is 18.3 Å². The predicted molar refractivity (Wildman–Crippen MR) is 89.4 cm³/mol. The summed E-state index contributed by atoms with van der Waals surface area (Å²) in [5.41, 5.74) is -1.20. The van der Waals surface area contributed by atoms with E-state index in [-0.39, 0.29) is 18.8 Å². The van der Waals surface area contributed by atoms with Crippen LogP contribution in [0.2, 0.25) is 0 Å². The molecule has 0 radical (unpaired) electrons. The van der Waals surface area contributed by atoms with Crippen molar-refractivity contribution < 1.29 is 27.6 Å². The van der Waals surface area contributed by atoms with E-state index in [4.69, 9.17) is 4.74 Å². The van der Waals surface area contributed by atoms with Gasteiger partial charge in [-0.05, 0) is 27.2 Å². The number of ether oxygens (including phenoxy) is 1. The topological polar surface area (TPSA) is 103 Å². The number of amides is 1. The van der Waals surface area contributed by atoms with Crippen LogP contribution in [-0.2, 0) is 11.8 Å². The number of nitrogens with one attached hydrogen (secondary N) is 1. The third-order valence-electron chi connectivity index (χ3n) is 4.02. The Labute approximate surface area is 153 Å². The van der Waals surface area contributed by atoms with E-state index in [1.165, 1.54) is 11.9 Å². The molecule has 1 saturated heterocycles. The molecule has 0 bridgehead atoms. The first-order valence-electron chi connectivity index (χ1n) is 8.25. The molecule has 1 aromatic heterocycles. The highest BCUT2D eigenvalue weighted by Crippen LogP contribution is 2.37. The molecule has 152 valence electrons. The zero-order valence-electron chi connectivity index (χ0n) is 15.4. The van der Waals surface area contributed by atoms with Crippen LogP contribution < -0.4 is 10.2 Å². The Morgan fingerprint density at radius 2 is 2.00 bits per heavy atom. The van der Waals surface area contributed by atoms with Crippen LogP contribution in [0.3, 0.4) is 0 Å². The quantitative estimate of drug-likeness (QED) is 0.626. The summed E-state index contributed by atoms with van der Waals surface area (Å²) in [6.07, 6.45) is -4.71. The lowest BCUT2D eigenvalue weighted by atomic mass is 9.93. The van der Waals surface area contributed by atoms with Crippen molar-refractivity contribution in [3.05, 3.63) is 16.3 Å². The second-order valence-electron chi connectivity index (χ2n) is 7.46. The summed E-state index contributed by atoms with van der Waals surface area (Å²) in [5, 5.41) is 17.4. The molecular weight excluding hydrogens is 371 g/mol. The van der Waals surface area contributed by atoms with E-state index in [2.05, 4.69) is 10.4 Å². The molecule has 1 amide bonds. The maximum atomic E-state index is 13.4. The number of carbonyl (C=O) groups excluding carboxylic acids is 1. The third kappa shape index (κ3) is 5.23. The van der Waals surface area contributed by atoms with Crippen molar-refractivity contribution in [3.63, 3.8) is 0 Å². The maximum absolute atomic E-state index is 13.4. The Morgan fingerprint density at radius 1 is 1.37 bits per heavy atom. The van der Waals surface area contributed by atoms with Crippen molar-refractivity contribution in [2.75, 3.05) is 18.0 Å². The minimum absolute atomic E-state index is 0.0355. The molecular formula is C15H22F3N5O4. The number of rotatable bonds is 3. The van der Waals surface area contributed by atoms with Crippen molar-refractivity contribution in [2.24, 2.45) is 13.0 Å². The Hall–Kier alpha value is -2.53. The molecule has 9 nitrogen and oxygen atoms in total. The van der Waals surface area contributed by atoms with E-state index in [9.17, 15) is 28.1 Å². The monoisotopic (exact) mass is 393 g/mol. The second-order valence-corrected chi connectivity index (χ2v) is 7.46. The van der Waals surface area contributed by atoms with Gasteiger partial charge in [0.25, 0.3) is 0 Å². The maximum Gasteiger partial charge on any atom is 0.407 e. The molecule has 1 N–H and O–H groups in total. The number of alkyl halides is 3. The van der Waals surface area contributed by atoms with Crippen LogP contribution in [0.5, 0.6) is 0 Å². The van der Waals surface area contributed by atoms with E-state index >= 15 is 0 Å². The van der Waals surface area contributed by atoms with Crippen LogP contribution in [-0.4, -0.2) is 51.7 Å². The van der Waals surface area contributed by atoms with Crippen molar-refractivity contribution in [3.8, 4) is 0 Å². The third-order valence-corrected chi connectivity index (χ3v) is 4.02. The highest BCUT2D eigenvalue weighted by Gasteiger charge is 2.46. The van der Waals surface area contributed by atoms with Gasteiger partial charge in [-0.25, -0.2) is 9.48 Å². The molecule has 2 rings (SSSR count). The number of anilines is 1. The van der Waals surface area contributed by atoms with Gasteiger partial charge in [-0.3, -0.25) is 10.1 Å². The van der Waals surface area contributed by atoms with E-state index in [1.54, 1.807) is 20.8 Å². The summed E-state index contributed by atoms with van der Waals surface area (Å²) >= 11 is 0. The smallest absolute Gasteiger partial charge is 0.407 e. The lowest BCUT2D eigenvalue weighted by Crippen LogP contribution is -2.54. The summed E-state index contributed by atoms with van der Waals surface area (Å²) in [4.78, 5) is 23.7. The van der Waals surface area contributed by atoms with Gasteiger partial charge in [-0.15, -0.1) is 0 Å². The van der Waals surface area contributed by atoms with E-state index < -0.39 is 47.0 Å². The molecule has 0 aliphatic carbocycles. The van der Waals surface area contributed by atoms with Crippen molar-refractivity contribution in [2.45, 2.75) is 45.0 Å². The standard InChI is InChI=1S/C15H22F3N5O4/c1-14(2,3)27-13(24)20-10-5-9(15(16,17)18)7-22(8-10)12-11(23(25)26)6-19-21(12)4/h6,9-10H,5,7-8H2,1-4H3,(H,20,24)/t9-,10+/m1/s1. The molecule has 12 heteroatoms. The molecule has 2 heterocycles. The van der Waals surface area contributed by atoms with Gasteiger partial charge in [0.2, 0.25) is 5.82 Å². The fraction of sp³-hybridized carbons (Fsp3) is 0.733. The highest BCUT2D eigenvalue weighted by molar-refractivity contribution is 5.68. The van der Waals surface area contributed by atoms with Crippen LogP contribution in [0.4, 0.5) is 29.5 Å². The number of nitrogens with zero attached hydrogens (tertiary/aromatic N) is 4. The van der Waals surface area contributed by atoms with Gasteiger partial charge in [0.15, 0.2) is 0 Å². The first-order valence-corrected chi connectivity index (χ1v) is 8.25. The fourth-order valence-electron chi connectivity index (χ4n) is 3.00. The summed E-state index contributed by atoms with van der Waals surface area (Å²) < 4.78 is 46.4. The van der Waals surface area contributed by atoms with E-state index in [0.717, 1.165) is 10.9 Å². The lowest BCUT2D eigenvalue weighted by molar-refractivity contribution is -0.384. The SMILES string of the molecule is Cn1ncc([N+](=O)[O-])c1N1C[C@@H](NC(=O)OC(C)(C)C)C[C@@H](C(F)(F)F)C1. The first kappa shape index (κ1) is 20.8. The predicted octanol–water partition coefficient (Wildman–Crippen LogP) is 2.61. The Balaban J connectivity index is 2.27. The number of hydrogen-bond acceptors (Lipinski definition) is 6. The van der Waals surface area contributed by atoms with Crippen molar-refractivity contribution >= 4 is 17.6 Å². The second kappa shape index (κ2) is 7.24. The number of piperidine rings is 1. The van der Waals surface area contributed by atoms with Crippen molar-refractivity contribution in [1.29, 1.82) is 0 Å². The minimum atomic E-state index is -4.51. The van der Waals surface area contributed by atoms with Gasteiger partial charge in [-0.1, -0.05) is 0 Å². The van der Waals surface area contributed by atoms with Gasteiger partial charge >= 0.3 is 18.0 Å². The zero-order valence-corrected chi connectivity index (χ0v) is 15.4. The number of aryl methyl sites for hydroxylation is 1. The van der Waals surface area contributed by atoms with Crippen molar-refractivity contribution in [1.82, 2.24) is 15.1 Å². The average molecular weight is 393 g/mol. The molecule has 0 saturated carbocycles. The number of nitro groups is 1. The highest BCUT2D eigenvalue weighted by atomic mass is 19.4. The Morgan fingerprint density at radius 3 is 2.52 bits per heavy atom. The zero-order chi connectivity index (χ0) is 20.6. The number of aromatic nitrogens is 2. The van der Waals surface area contributed by atoms with Crippen LogP contribution in [0, 0.1) is 16.0 Å². The van der Waals surface area contributed by atoms with Gasteiger partial charge in [0.1, 0.15) is 11.8 Å². The van der Waals surface area contributed by atoms with Gasteiger partial charge < -0.3 is 15.0 Å². The number of alkyl carbamates (subject to hydrolysis) is 1. The Bertz CT molecular complexity index is 713. The summed E-state index contributed by atoms with van der Waals surface area (Å²) in [5.74, 6) is -1.80. The van der Waals surface area contributed by atoms with E-state index in [0.29, 0.717) is 0 Å². The van der Waals surface area contributed by atoms with Gasteiger partial charge in [0, 0.05) is 20.1 Å². The molecule has 1 fully saturated rings. The largest absolute Gasteiger partial charge is 0.444 e. The molecule has 1 aromatic rings. The fourth-order valence-corrected chi connectivity index (χ4v) is 3.00. The van der Waals surface area contributed by atoms with E-state index in [1.807, 2.05) is 0 Å². The molecule has 0 unspecified atom stereocenters. The van der Waals surface area contributed by atoms with Crippen LogP contribution in [0.15, 0.2) is 6.20 Å². The molecule has 27 heavy (non-hydrogen) atoms. The number of carbonyl (C=O) groups is 1. The minimum Gasteiger partial charge on any atom is -0.444 e. The van der Waals surface area contributed by atoms with Gasteiger partial charge in [0.05, 0.1) is 16.9 Å². The van der Waals surface area contributed by atoms with Crippen LogP contribution in [0.25, 0.3) is 0 Å². The number of hydrogen-bond donors (Lipinski definition) is 1. The number of halogens is 3. The normalized spacial score (nSPS) is 21.1. The molecule has 0 aromatic carbocycles.